The minimum absolute atomic E-state index is 0.0112. The van der Waals surface area contributed by atoms with Gasteiger partial charge in [-0.1, -0.05) is 0 Å². The Bertz CT molecular complexity index is 997. The Kier molecular flexibility index (Phi) is 5.21. The number of sulfonamides is 1. The average Bonchev–Trinajstić information content (AvgIpc) is 3.29. The van der Waals surface area contributed by atoms with Crippen molar-refractivity contribution in [1.82, 2.24) is 13.9 Å². The summed E-state index contributed by atoms with van der Waals surface area (Å²) in [5.41, 5.74) is 0.849. The Labute approximate surface area is 173 Å². The first-order valence-corrected chi connectivity index (χ1v) is 11.1. The van der Waals surface area contributed by atoms with Crippen molar-refractivity contribution in [3.8, 4) is 5.75 Å². The molecule has 7 nitrogen and oxygen atoms in total. The number of nitrogens with zero attached hydrogens (tertiary/aromatic N) is 4. The van der Waals surface area contributed by atoms with E-state index in [1.54, 1.807) is 23.7 Å². The molecule has 0 saturated carbocycles. The van der Waals surface area contributed by atoms with Crippen LogP contribution in [0.2, 0.25) is 0 Å². The lowest BCUT2D eigenvalue weighted by molar-refractivity contribution is -0.274. The van der Waals surface area contributed by atoms with Crippen LogP contribution in [0.4, 0.5) is 18.9 Å². The number of piperidine rings is 1. The molecule has 30 heavy (non-hydrogen) atoms. The van der Waals surface area contributed by atoms with Crippen molar-refractivity contribution in [2.24, 2.45) is 12.5 Å². The fourth-order valence-electron chi connectivity index (χ4n) is 4.28. The van der Waals surface area contributed by atoms with Crippen LogP contribution in [0.25, 0.3) is 0 Å². The number of hydrogen-bond acceptors (Lipinski definition) is 5. The van der Waals surface area contributed by atoms with Gasteiger partial charge in [-0.2, -0.15) is 4.31 Å². The first-order chi connectivity index (χ1) is 14.1. The van der Waals surface area contributed by atoms with Crippen LogP contribution in [0, 0.1) is 5.41 Å². The molecule has 1 aromatic carbocycles. The van der Waals surface area contributed by atoms with Gasteiger partial charge >= 0.3 is 6.36 Å². The first-order valence-electron chi connectivity index (χ1n) is 9.65. The largest absolute Gasteiger partial charge is 0.573 e. The number of hydrogen-bond donors (Lipinski definition) is 0. The molecule has 1 aromatic heterocycles. The molecular formula is C19H23F3N4O3S. The smallest absolute Gasteiger partial charge is 0.406 e. The van der Waals surface area contributed by atoms with Crippen LogP contribution in [0.15, 0.2) is 41.8 Å². The molecule has 11 heteroatoms. The summed E-state index contributed by atoms with van der Waals surface area (Å²) >= 11 is 0. The highest BCUT2D eigenvalue weighted by atomic mass is 32.2. The number of benzene rings is 1. The molecule has 4 rings (SSSR count). The topological polar surface area (TPSA) is 67.7 Å². The van der Waals surface area contributed by atoms with E-state index in [0.717, 1.165) is 38.0 Å². The molecule has 2 saturated heterocycles. The summed E-state index contributed by atoms with van der Waals surface area (Å²) in [6, 6.07) is 5.88. The van der Waals surface area contributed by atoms with Gasteiger partial charge in [-0.05, 0) is 48.9 Å². The fraction of sp³-hybridized carbons (Fsp3) is 0.526. The molecule has 3 heterocycles. The van der Waals surface area contributed by atoms with E-state index in [2.05, 4.69) is 14.6 Å². The number of alkyl halides is 3. The van der Waals surface area contributed by atoms with Crippen LogP contribution < -0.4 is 9.64 Å². The van der Waals surface area contributed by atoms with Crippen molar-refractivity contribution in [3.05, 3.63) is 36.8 Å². The summed E-state index contributed by atoms with van der Waals surface area (Å²) in [5, 5.41) is 0.0650. The van der Waals surface area contributed by atoms with Gasteiger partial charge in [-0.25, -0.2) is 13.4 Å². The SMILES string of the molecule is Cn1cnc(S(=O)(=O)N2CCC3(CCN(c4ccc(OC(F)(F)F)cc4)C3)CC2)c1. The third-order valence-corrected chi connectivity index (χ3v) is 7.73. The van der Waals surface area contributed by atoms with Crippen LogP contribution in [0.5, 0.6) is 5.75 Å². The van der Waals surface area contributed by atoms with Gasteiger partial charge in [-0.15, -0.1) is 13.2 Å². The molecule has 0 radical (unpaired) electrons. The monoisotopic (exact) mass is 444 g/mol. The summed E-state index contributed by atoms with van der Waals surface area (Å²) in [7, 11) is -1.86. The lowest BCUT2D eigenvalue weighted by Crippen LogP contribution is -2.44. The molecule has 164 valence electrons. The first kappa shape index (κ1) is 21.0. The Balaban J connectivity index is 1.38. The van der Waals surface area contributed by atoms with Gasteiger partial charge in [0.1, 0.15) is 5.75 Å². The molecule has 0 bridgehead atoms. The molecule has 0 N–H and O–H groups in total. The third kappa shape index (κ3) is 4.27. The van der Waals surface area contributed by atoms with Gasteiger partial charge in [0.15, 0.2) is 5.03 Å². The number of halogens is 3. The molecule has 2 aromatic rings. The number of rotatable bonds is 4. The quantitative estimate of drug-likeness (QED) is 0.725. The van der Waals surface area contributed by atoms with Gasteiger partial charge < -0.3 is 14.2 Å². The molecule has 2 aliphatic heterocycles. The molecule has 2 fully saturated rings. The zero-order valence-electron chi connectivity index (χ0n) is 16.5. The van der Waals surface area contributed by atoms with Crippen LogP contribution in [0.1, 0.15) is 19.3 Å². The van der Waals surface area contributed by atoms with Crippen LogP contribution in [0.3, 0.4) is 0 Å². The molecule has 0 unspecified atom stereocenters. The van der Waals surface area contributed by atoms with Gasteiger partial charge in [0.05, 0.1) is 6.33 Å². The summed E-state index contributed by atoms with van der Waals surface area (Å²) < 4.78 is 69.5. The Morgan fingerprint density at radius 2 is 1.70 bits per heavy atom. The molecule has 0 amide bonds. The second-order valence-corrected chi connectivity index (χ2v) is 9.88. The third-order valence-electron chi connectivity index (χ3n) is 5.94. The van der Waals surface area contributed by atoms with E-state index in [1.165, 1.54) is 29.0 Å². The highest BCUT2D eigenvalue weighted by Crippen LogP contribution is 2.43. The van der Waals surface area contributed by atoms with Crippen LogP contribution >= 0.6 is 0 Å². The van der Waals surface area contributed by atoms with Crippen LogP contribution in [-0.4, -0.2) is 54.8 Å². The Morgan fingerprint density at radius 1 is 1.07 bits per heavy atom. The van der Waals surface area contributed by atoms with E-state index < -0.39 is 16.4 Å². The average molecular weight is 444 g/mol. The standard InChI is InChI=1S/C19H23F3N4O3S/c1-24-12-17(23-14-24)30(27,28)26-10-7-18(8-11-26)6-9-25(13-18)15-2-4-16(5-3-15)29-19(20,21)22/h2-5,12,14H,6-11,13H2,1H3. The summed E-state index contributed by atoms with van der Waals surface area (Å²) in [4.78, 5) is 6.12. The number of aryl methyl sites for hydroxylation is 1. The predicted molar refractivity (Wildman–Crippen MR) is 104 cm³/mol. The second-order valence-electron chi connectivity index (χ2n) is 7.99. The minimum atomic E-state index is -4.71. The highest BCUT2D eigenvalue weighted by Gasteiger charge is 2.43. The maximum Gasteiger partial charge on any atom is 0.573 e. The van der Waals surface area contributed by atoms with Crippen LogP contribution in [-0.2, 0) is 17.1 Å². The number of imidazole rings is 1. The maximum atomic E-state index is 12.8. The van der Waals surface area contributed by atoms with Crippen molar-refractivity contribution in [2.45, 2.75) is 30.7 Å². The van der Waals surface area contributed by atoms with E-state index >= 15 is 0 Å². The molecule has 0 atom stereocenters. The van der Waals surface area contributed by atoms with E-state index in [0.29, 0.717) is 13.1 Å². The van der Waals surface area contributed by atoms with E-state index in [1.807, 2.05) is 0 Å². The van der Waals surface area contributed by atoms with Crippen molar-refractivity contribution < 1.29 is 26.3 Å². The minimum Gasteiger partial charge on any atom is -0.406 e. The lowest BCUT2D eigenvalue weighted by atomic mass is 9.78. The van der Waals surface area contributed by atoms with Crippen molar-refractivity contribution in [3.63, 3.8) is 0 Å². The molecule has 1 spiro atoms. The fourth-order valence-corrected chi connectivity index (χ4v) is 5.69. The van der Waals surface area contributed by atoms with E-state index in [-0.39, 0.29) is 16.2 Å². The normalized spacial score (nSPS) is 20.1. The van der Waals surface area contributed by atoms with Gasteiger partial charge in [-0.3, -0.25) is 0 Å². The number of ether oxygens (including phenoxy) is 1. The van der Waals surface area contributed by atoms with E-state index in [9.17, 15) is 21.6 Å². The lowest BCUT2D eigenvalue weighted by Gasteiger charge is -2.38. The number of aromatic nitrogens is 2. The summed E-state index contributed by atoms with van der Waals surface area (Å²) in [5.74, 6) is -0.242. The predicted octanol–water partition coefficient (Wildman–Crippen LogP) is 3.00. The van der Waals surface area contributed by atoms with E-state index in [4.69, 9.17) is 0 Å². The summed E-state index contributed by atoms with van der Waals surface area (Å²) in [6.45, 7) is 2.41. The van der Waals surface area contributed by atoms with Crippen molar-refractivity contribution >= 4 is 15.7 Å². The van der Waals surface area contributed by atoms with Gasteiger partial charge in [0.25, 0.3) is 10.0 Å². The zero-order chi connectivity index (χ0) is 21.6. The number of anilines is 1. The second kappa shape index (κ2) is 7.45. The Hall–Kier alpha value is -2.27. The van der Waals surface area contributed by atoms with Gasteiger partial charge in [0.2, 0.25) is 0 Å². The van der Waals surface area contributed by atoms with Crippen molar-refractivity contribution in [2.75, 3.05) is 31.1 Å². The Morgan fingerprint density at radius 3 is 2.27 bits per heavy atom. The molecule has 0 aliphatic carbocycles. The van der Waals surface area contributed by atoms with Crippen molar-refractivity contribution in [1.29, 1.82) is 0 Å². The molecule has 2 aliphatic rings. The highest BCUT2D eigenvalue weighted by molar-refractivity contribution is 7.89. The van der Waals surface area contributed by atoms with Gasteiger partial charge in [0, 0.05) is 45.1 Å². The zero-order valence-corrected chi connectivity index (χ0v) is 17.3. The summed E-state index contributed by atoms with van der Waals surface area (Å²) in [6.07, 6.45) is 0.672. The molecular weight excluding hydrogens is 421 g/mol. The maximum absolute atomic E-state index is 12.8.